The van der Waals surface area contributed by atoms with Crippen molar-refractivity contribution in [3.63, 3.8) is 0 Å². The van der Waals surface area contributed by atoms with Gasteiger partial charge in [-0.05, 0) is 24.8 Å². The number of nitrogens with zero attached hydrogens (tertiary/aromatic N) is 1. The summed E-state index contributed by atoms with van der Waals surface area (Å²) in [6.45, 7) is 2.54. The molecule has 1 aromatic carbocycles. The van der Waals surface area contributed by atoms with Gasteiger partial charge in [-0.15, -0.1) is 0 Å². The van der Waals surface area contributed by atoms with Crippen LogP contribution >= 0.6 is 0 Å². The first-order valence-corrected chi connectivity index (χ1v) is 9.18. The lowest BCUT2D eigenvalue weighted by molar-refractivity contribution is -0.243. The predicted molar refractivity (Wildman–Crippen MR) is 92.9 cm³/mol. The summed E-state index contributed by atoms with van der Waals surface area (Å²) in [5.74, 6) is -1.24. The maximum absolute atomic E-state index is 12.7. The number of amides is 1. The van der Waals surface area contributed by atoms with E-state index in [0.717, 1.165) is 18.4 Å². The minimum absolute atomic E-state index is 0.102. The number of hydrogen-bond acceptors (Lipinski definition) is 5. The van der Waals surface area contributed by atoms with Crippen LogP contribution in [0.2, 0.25) is 0 Å². The van der Waals surface area contributed by atoms with E-state index in [9.17, 15) is 14.7 Å². The van der Waals surface area contributed by atoms with Crippen molar-refractivity contribution in [1.82, 2.24) is 4.90 Å². The van der Waals surface area contributed by atoms with Crippen LogP contribution < -0.4 is 0 Å². The zero-order valence-corrected chi connectivity index (χ0v) is 15.2. The summed E-state index contributed by atoms with van der Waals surface area (Å²) in [4.78, 5) is 26.7. The molecule has 0 bridgehead atoms. The van der Waals surface area contributed by atoms with Crippen molar-refractivity contribution in [3.05, 3.63) is 35.9 Å². The van der Waals surface area contributed by atoms with Crippen molar-refractivity contribution in [1.29, 1.82) is 0 Å². The molecule has 6 heteroatoms. The van der Waals surface area contributed by atoms with E-state index < -0.39 is 29.0 Å². The number of fused-ring (bicyclic) bond motifs is 3. The Morgan fingerprint density at radius 2 is 2.04 bits per heavy atom. The minimum Gasteiger partial charge on any atom is -0.469 e. The predicted octanol–water partition coefficient (Wildman–Crippen LogP) is 1.51. The van der Waals surface area contributed by atoms with Crippen LogP contribution in [0.4, 0.5) is 0 Å². The van der Waals surface area contributed by atoms with E-state index in [1.165, 1.54) is 7.11 Å². The highest BCUT2D eigenvalue weighted by Crippen LogP contribution is 2.60. The molecule has 0 radical (unpaired) electrons. The number of benzene rings is 1. The normalized spacial score (nSPS) is 38.3. The standard InChI is InChI=1S/C20H25NO5/c1-19-9-6-10-20(19,24)14(18(23)25-2)11-21-16(19)15(17(21)22)26-12-13-7-4-3-5-8-13/h3-5,7-8,14-16,24H,6,9-12H2,1-2H3/t14-,15-,16-,19-,20-/m1/s1. The molecule has 140 valence electrons. The van der Waals surface area contributed by atoms with Gasteiger partial charge in [0.2, 0.25) is 0 Å². The summed E-state index contributed by atoms with van der Waals surface area (Å²) in [6.07, 6.45) is 1.57. The van der Waals surface area contributed by atoms with E-state index in [2.05, 4.69) is 0 Å². The molecule has 26 heavy (non-hydrogen) atoms. The second kappa shape index (κ2) is 6.06. The maximum atomic E-state index is 12.7. The quantitative estimate of drug-likeness (QED) is 0.651. The molecule has 1 amide bonds. The van der Waals surface area contributed by atoms with Crippen LogP contribution in [0.25, 0.3) is 0 Å². The number of piperidine rings is 1. The molecule has 1 aliphatic carbocycles. The molecule has 2 aliphatic heterocycles. The number of ether oxygens (including phenoxy) is 2. The number of hydrogen-bond donors (Lipinski definition) is 1. The number of esters is 1. The van der Waals surface area contributed by atoms with Gasteiger partial charge in [0.05, 0.1) is 25.4 Å². The third-order valence-electron chi connectivity index (χ3n) is 6.76. The fourth-order valence-electron chi connectivity index (χ4n) is 5.28. The van der Waals surface area contributed by atoms with E-state index in [0.29, 0.717) is 13.0 Å². The number of carbonyl (C=O) groups is 2. The van der Waals surface area contributed by atoms with Crippen LogP contribution in [0.15, 0.2) is 30.3 Å². The van der Waals surface area contributed by atoms with Gasteiger partial charge in [0.25, 0.3) is 5.91 Å². The number of carbonyl (C=O) groups excluding carboxylic acids is 2. The first kappa shape index (κ1) is 17.5. The zero-order valence-electron chi connectivity index (χ0n) is 15.2. The van der Waals surface area contributed by atoms with E-state index in [1.54, 1.807) is 4.90 Å². The highest BCUT2D eigenvalue weighted by molar-refractivity contribution is 5.90. The molecule has 0 spiro atoms. The largest absolute Gasteiger partial charge is 0.469 e. The van der Waals surface area contributed by atoms with Crippen molar-refractivity contribution in [2.75, 3.05) is 13.7 Å². The van der Waals surface area contributed by atoms with Crippen molar-refractivity contribution in [3.8, 4) is 0 Å². The van der Waals surface area contributed by atoms with E-state index >= 15 is 0 Å². The molecule has 2 heterocycles. The van der Waals surface area contributed by atoms with Crippen molar-refractivity contribution in [2.24, 2.45) is 11.3 Å². The molecule has 0 unspecified atom stereocenters. The van der Waals surface area contributed by atoms with Crippen LogP contribution in [0.3, 0.4) is 0 Å². The maximum Gasteiger partial charge on any atom is 0.313 e. The molecule has 3 aliphatic rings. The van der Waals surface area contributed by atoms with Gasteiger partial charge in [0.15, 0.2) is 6.10 Å². The first-order chi connectivity index (χ1) is 12.4. The fraction of sp³-hybridized carbons (Fsp3) is 0.600. The van der Waals surface area contributed by atoms with Gasteiger partial charge in [-0.2, -0.15) is 0 Å². The molecule has 3 fully saturated rings. The van der Waals surface area contributed by atoms with Crippen LogP contribution in [0, 0.1) is 11.3 Å². The monoisotopic (exact) mass is 359 g/mol. The Morgan fingerprint density at radius 1 is 1.31 bits per heavy atom. The first-order valence-electron chi connectivity index (χ1n) is 9.18. The van der Waals surface area contributed by atoms with Gasteiger partial charge < -0.3 is 19.5 Å². The van der Waals surface area contributed by atoms with Crippen molar-refractivity contribution >= 4 is 11.9 Å². The number of methoxy groups -OCH3 is 1. The molecule has 1 saturated carbocycles. The van der Waals surface area contributed by atoms with Crippen LogP contribution in [-0.2, 0) is 25.7 Å². The number of rotatable bonds is 4. The average Bonchev–Trinajstić information content (AvgIpc) is 2.96. The zero-order chi connectivity index (χ0) is 18.5. The fourth-order valence-corrected chi connectivity index (χ4v) is 5.28. The van der Waals surface area contributed by atoms with Gasteiger partial charge in [0, 0.05) is 12.0 Å². The van der Waals surface area contributed by atoms with Crippen LogP contribution in [0.1, 0.15) is 31.7 Å². The summed E-state index contributed by atoms with van der Waals surface area (Å²) in [5, 5.41) is 11.4. The van der Waals surface area contributed by atoms with Gasteiger partial charge >= 0.3 is 5.97 Å². The molecule has 5 atom stereocenters. The molecular formula is C20H25NO5. The summed E-state index contributed by atoms with van der Waals surface area (Å²) >= 11 is 0. The van der Waals surface area contributed by atoms with Gasteiger partial charge in [-0.3, -0.25) is 9.59 Å². The summed E-state index contributed by atoms with van der Waals surface area (Å²) in [7, 11) is 1.33. The second-order valence-corrected chi connectivity index (χ2v) is 7.92. The smallest absolute Gasteiger partial charge is 0.313 e. The Balaban J connectivity index is 1.58. The minimum atomic E-state index is -1.16. The lowest BCUT2D eigenvalue weighted by atomic mass is 9.57. The van der Waals surface area contributed by atoms with Crippen molar-refractivity contribution in [2.45, 2.75) is 50.5 Å². The summed E-state index contributed by atoms with van der Waals surface area (Å²) in [5.41, 5.74) is -0.718. The Kier molecular flexibility index (Phi) is 4.08. The lowest BCUT2D eigenvalue weighted by Gasteiger charge is -2.63. The van der Waals surface area contributed by atoms with Crippen LogP contribution in [-0.4, -0.2) is 53.3 Å². The molecule has 4 rings (SSSR count). The van der Waals surface area contributed by atoms with E-state index in [4.69, 9.17) is 9.47 Å². The van der Waals surface area contributed by atoms with Gasteiger partial charge in [0.1, 0.15) is 5.92 Å². The SMILES string of the molecule is COC(=O)[C@H]1CN2C(=O)[C@H](OCc3ccccc3)[C@@H]2[C@@]2(C)CCC[C@@]12O. The van der Waals surface area contributed by atoms with Crippen molar-refractivity contribution < 1.29 is 24.2 Å². The molecule has 1 aromatic rings. The Morgan fingerprint density at radius 3 is 2.73 bits per heavy atom. The Bertz CT molecular complexity index is 722. The highest BCUT2D eigenvalue weighted by Gasteiger charge is 2.72. The molecule has 1 N–H and O–H groups in total. The van der Waals surface area contributed by atoms with Gasteiger partial charge in [-0.25, -0.2) is 0 Å². The molecule has 2 saturated heterocycles. The second-order valence-electron chi connectivity index (χ2n) is 7.92. The third-order valence-corrected chi connectivity index (χ3v) is 6.76. The average molecular weight is 359 g/mol. The third kappa shape index (κ3) is 2.25. The highest BCUT2D eigenvalue weighted by atomic mass is 16.5. The topological polar surface area (TPSA) is 76.1 Å². The Hall–Kier alpha value is -1.92. The summed E-state index contributed by atoms with van der Waals surface area (Å²) < 4.78 is 10.9. The molecule has 6 nitrogen and oxygen atoms in total. The van der Waals surface area contributed by atoms with Gasteiger partial charge in [-0.1, -0.05) is 37.3 Å². The number of β-lactam (4-membered cyclic amide) rings is 1. The molecular weight excluding hydrogens is 334 g/mol. The number of aliphatic hydroxyl groups is 1. The van der Waals surface area contributed by atoms with E-state index in [1.807, 2.05) is 37.3 Å². The lowest BCUT2D eigenvalue weighted by Crippen LogP contribution is -2.80. The van der Waals surface area contributed by atoms with Crippen LogP contribution in [0.5, 0.6) is 0 Å². The van der Waals surface area contributed by atoms with E-state index in [-0.39, 0.29) is 18.5 Å². The summed E-state index contributed by atoms with van der Waals surface area (Å²) in [6, 6.07) is 9.53. The molecule has 0 aromatic heterocycles. The Labute approximate surface area is 153 Å².